The molecule has 0 atom stereocenters. The minimum atomic E-state index is -0.513. The quantitative estimate of drug-likeness (QED) is 0.301. The van der Waals surface area contributed by atoms with Gasteiger partial charge in [-0.2, -0.15) is 5.26 Å². The summed E-state index contributed by atoms with van der Waals surface area (Å²) in [5.74, 6) is 0.367. The molecule has 1 fully saturated rings. The van der Waals surface area contributed by atoms with Gasteiger partial charge in [0.2, 0.25) is 11.7 Å². The summed E-state index contributed by atoms with van der Waals surface area (Å²) in [7, 11) is 0. The second-order valence-electron chi connectivity index (χ2n) is 10.2. The summed E-state index contributed by atoms with van der Waals surface area (Å²) in [5, 5.41) is 13.2. The number of pyridine rings is 2. The van der Waals surface area contributed by atoms with E-state index in [4.69, 9.17) is 16.0 Å². The van der Waals surface area contributed by atoms with Gasteiger partial charge < -0.3 is 11.1 Å². The summed E-state index contributed by atoms with van der Waals surface area (Å²) in [6, 6.07) is 26.5. The van der Waals surface area contributed by atoms with Gasteiger partial charge in [-0.05, 0) is 42.2 Å². The van der Waals surface area contributed by atoms with Crippen molar-refractivity contribution in [2.24, 2.45) is 5.73 Å². The van der Waals surface area contributed by atoms with Gasteiger partial charge in [-0.3, -0.25) is 9.69 Å². The number of fused-ring (bicyclic) bond motifs is 1. The number of carbonyl (C=O) groups excluding carboxylic acids is 1. The molecule has 0 spiro atoms. The molecule has 0 aliphatic carbocycles. The molecule has 1 saturated heterocycles. The number of anilines is 1. The van der Waals surface area contributed by atoms with Crippen molar-refractivity contribution in [2.45, 2.75) is 25.4 Å². The zero-order valence-corrected chi connectivity index (χ0v) is 22.4. The van der Waals surface area contributed by atoms with Gasteiger partial charge in [0.05, 0.1) is 11.3 Å². The molecule has 9 nitrogen and oxygen atoms in total. The average molecular weight is 541 g/mol. The first kappa shape index (κ1) is 26.0. The van der Waals surface area contributed by atoms with Crippen LogP contribution < -0.4 is 11.1 Å². The van der Waals surface area contributed by atoms with E-state index < -0.39 is 5.91 Å². The maximum Gasteiger partial charge on any atom is 0.250 e. The maximum absolute atomic E-state index is 11.7. The van der Waals surface area contributed by atoms with Crippen LogP contribution >= 0.6 is 0 Å². The Labute approximate surface area is 237 Å². The van der Waals surface area contributed by atoms with Gasteiger partial charge in [-0.1, -0.05) is 54.6 Å². The lowest BCUT2D eigenvalue weighted by molar-refractivity contribution is 0.1000. The number of nitrogens with zero attached hydrogens (tertiary/aromatic N) is 6. The molecule has 0 bridgehead atoms. The molecular weight excluding hydrogens is 512 g/mol. The number of likely N-dealkylation sites (tertiary alicyclic amines) is 1. The predicted octanol–water partition coefficient (Wildman–Crippen LogP) is 4.80. The van der Waals surface area contributed by atoms with Crippen LogP contribution in [0.15, 0.2) is 85.2 Å². The van der Waals surface area contributed by atoms with Crippen LogP contribution in [0.4, 0.5) is 5.82 Å². The number of hydrogen-bond acceptors (Lipinski definition) is 8. The third kappa shape index (κ3) is 5.88. The van der Waals surface area contributed by atoms with Gasteiger partial charge >= 0.3 is 0 Å². The molecule has 41 heavy (non-hydrogen) atoms. The molecule has 1 amide bonds. The minimum absolute atomic E-state index is 0.180. The highest BCUT2D eigenvalue weighted by atomic mass is 16.1. The number of nitriles is 1. The molecule has 4 heterocycles. The Kier molecular flexibility index (Phi) is 7.30. The SMILES string of the molecule is N#Cc1nccc(NC2CCN(Cc3ccc(-c4nc5ncc(C(N)=O)cc5cc4-c4ccccc4)cc3)CC2)n1. The molecule has 1 aliphatic rings. The highest BCUT2D eigenvalue weighted by Crippen LogP contribution is 2.33. The van der Waals surface area contributed by atoms with E-state index >= 15 is 0 Å². The third-order valence-electron chi connectivity index (χ3n) is 7.37. The lowest BCUT2D eigenvalue weighted by atomic mass is 9.97. The number of carbonyl (C=O) groups is 1. The molecule has 3 N–H and O–H groups in total. The Morgan fingerprint density at radius 3 is 2.49 bits per heavy atom. The first-order valence-electron chi connectivity index (χ1n) is 13.5. The lowest BCUT2D eigenvalue weighted by Gasteiger charge is -2.32. The van der Waals surface area contributed by atoms with Gasteiger partial charge in [0, 0.05) is 54.6 Å². The smallest absolute Gasteiger partial charge is 0.250 e. The Hall–Kier alpha value is -5.20. The summed E-state index contributed by atoms with van der Waals surface area (Å²) < 4.78 is 0. The highest BCUT2D eigenvalue weighted by molar-refractivity contribution is 5.97. The second kappa shape index (κ2) is 11.5. The van der Waals surface area contributed by atoms with E-state index in [-0.39, 0.29) is 5.82 Å². The molecule has 5 aromatic rings. The van der Waals surface area contributed by atoms with Gasteiger partial charge in [-0.15, -0.1) is 0 Å². The number of nitrogens with two attached hydrogens (primary N) is 1. The van der Waals surface area contributed by atoms with E-state index in [2.05, 4.69) is 61.6 Å². The lowest BCUT2D eigenvalue weighted by Crippen LogP contribution is -2.38. The molecular formula is C32H28N8O. The fraction of sp³-hybridized carbons (Fsp3) is 0.188. The van der Waals surface area contributed by atoms with Gasteiger partial charge in [-0.25, -0.2) is 19.9 Å². The van der Waals surface area contributed by atoms with Gasteiger partial charge in [0.25, 0.3) is 0 Å². The van der Waals surface area contributed by atoms with E-state index in [1.165, 1.54) is 11.8 Å². The topological polar surface area (TPSA) is 134 Å². The molecule has 9 heteroatoms. The van der Waals surface area contributed by atoms with E-state index in [1.54, 1.807) is 18.3 Å². The normalized spacial score (nSPS) is 14.0. The molecule has 3 aromatic heterocycles. The zero-order chi connectivity index (χ0) is 28.2. The van der Waals surface area contributed by atoms with Crippen molar-refractivity contribution in [3.05, 3.63) is 102 Å². The fourth-order valence-electron chi connectivity index (χ4n) is 5.22. The van der Waals surface area contributed by atoms with Crippen molar-refractivity contribution in [3.8, 4) is 28.5 Å². The Morgan fingerprint density at radius 2 is 1.76 bits per heavy atom. The van der Waals surface area contributed by atoms with Crippen LogP contribution in [0.3, 0.4) is 0 Å². The van der Waals surface area contributed by atoms with Crippen molar-refractivity contribution < 1.29 is 4.79 Å². The zero-order valence-electron chi connectivity index (χ0n) is 22.4. The van der Waals surface area contributed by atoms with Gasteiger partial charge in [0.15, 0.2) is 5.65 Å². The summed E-state index contributed by atoms with van der Waals surface area (Å²) >= 11 is 0. The number of benzene rings is 2. The molecule has 6 rings (SSSR count). The summed E-state index contributed by atoms with van der Waals surface area (Å²) in [6.45, 7) is 2.81. The summed E-state index contributed by atoms with van der Waals surface area (Å²) in [5.41, 5.74) is 11.5. The number of nitrogens with one attached hydrogen (secondary N) is 1. The van der Waals surface area contributed by atoms with Crippen LogP contribution in [-0.4, -0.2) is 49.9 Å². The minimum Gasteiger partial charge on any atom is -0.367 e. The molecule has 202 valence electrons. The number of amides is 1. The molecule has 2 aromatic carbocycles. The monoisotopic (exact) mass is 540 g/mol. The van der Waals surface area contributed by atoms with Crippen LogP contribution in [0.5, 0.6) is 0 Å². The standard InChI is InChI=1S/C32H28N8O/c33-18-29-35-13-10-28(38-29)37-26-11-14-40(15-12-26)20-21-6-8-23(9-7-21)30-27(22-4-2-1-3-5-22)17-24-16-25(31(34)41)19-36-32(24)39-30/h1-10,13,16-17,19,26H,11-12,14-15,20H2,(H2,34,41)(H,35,37,38). The fourth-order valence-corrected chi connectivity index (χ4v) is 5.22. The van der Waals surface area contributed by atoms with Crippen molar-refractivity contribution >= 4 is 22.8 Å². The molecule has 0 saturated carbocycles. The third-order valence-corrected chi connectivity index (χ3v) is 7.37. The summed E-state index contributed by atoms with van der Waals surface area (Å²) in [6.07, 6.45) is 5.08. The maximum atomic E-state index is 11.7. The van der Waals surface area contributed by atoms with Crippen LogP contribution in [-0.2, 0) is 6.54 Å². The predicted molar refractivity (Wildman–Crippen MR) is 158 cm³/mol. The Bertz CT molecular complexity index is 1740. The number of hydrogen-bond donors (Lipinski definition) is 2. The Balaban J connectivity index is 1.18. The van der Waals surface area contributed by atoms with E-state index in [0.29, 0.717) is 23.1 Å². The average Bonchev–Trinajstić information content (AvgIpc) is 3.02. The van der Waals surface area contributed by atoms with E-state index in [9.17, 15) is 4.79 Å². The largest absolute Gasteiger partial charge is 0.367 e. The van der Waals surface area contributed by atoms with E-state index in [1.807, 2.05) is 30.3 Å². The van der Waals surface area contributed by atoms with Crippen LogP contribution in [0.1, 0.15) is 34.6 Å². The second-order valence-corrected chi connectivity index (χ2v) is 10.2. The summed E-state index contributed by atoms with van der Waals surface area (Å²) in [4.78, 5) is 31.7. The van der Waals surface area contributed by atoms with E-state index in [0.717, 1.165) is 60.2 Å². The number of primary amides is 1. The number of aromatic nitrogens is 4. The van der Waals surface area contributed by atoms with Crippen LogP contribution in [0.2, 0.25) is 0 Å². The van der Waals surface area contributed by atoms with Gasteiger partial charge in [0.1, 0.15) is 11.9 Å². The Morgan fingerprint density at radius 1 is 0.976 bits per heavy atom. The first-order chi connectivity index (χ1) is 20.1. The van der Waals surface area contributed by atoms with Crippen molar-refractivity contribution in [2.75, 3.05) is 18.4 Å². The number of piperidine rings is 1. The molecule has 1 aliphatic heterocycles. The van der Waals surface area contributed by atoms with Crippen molar-refractivity contribution in [1.82, 2.24) is 24.8 Å². The molecule has 0 radical (unpaired) electrons. The van der Waals surface area contributed by atoms with Crippen molar-refractivity contribution in [3.63, 3.8) is 0 Å². The van der Waals surface area contributed by atoms with Crippen molar-refractivity contribution in [1.29, 1.82) is 5.26 Å². The number of rotatable bonds is 7. The molecule has 0 unspecified atom stereocenters. The first-order valence-corrected chi connectivity index (χ1v) is 13.5. The highest BCUT2D eigenvalue weighted by Gasteiger charge is 2.20. The van der Waals surface area contributed by atoms with Crippen LogP contribution in [0, 0.1) is 11.3 Å². The van der Waals surface area contributed by atoms with Crippen LogP contribution in [0.25, 0.3) is 33.4 Å².